The SMILES string of the molecule is NCC1Oc2ccc(Br)cc2NC1=O. The molecule has 1 aromatic rings. The zero-order valence-electron chi connectivity index (χ0n) is 7.29. The van der Waals surface area contributed by atoms with Gasteiger partial charge in [-0.1, -0.05) is 15.9 Å². The van der Waals surface area contributed by atoms with Gasteiger partial charge in [-0.25, -0.2) is 0 Å². The summed E-state index contributed by atoms with van der Waals surface area (Å²) in [6.45, 7) is 0.182. The van der Waals surface area contributed by atoms with Crippen molar-refractivity contribution in [3.63, 3.8) is 0 Å². The quantitative estimate of drug-likeness (QED) is 0.792. The molecule has 0 saturated heterocycles. The van der Waals surface area contributed by atoms with E-state index in [-0.39, 0.29) is 12.5 Å². The number of ether oxygens (including phenoxy) is 1. The average molecular weight is 257 g/mol. The standard InChI is InChI=1S/C9H9BrN2O2/c10-5-1-2-7-6(3-5)12-9(13)8(4-11)14-7/h1-3,8H,4,11H2,(H,12,13). The summed E-state index contributed by atoms with van der Waals surface area (Å²) in [4.78, 5) is 11.4. The van der Waals surface area contributed by atoms with E-state index in [9.17, 15) is 4.79 Å². The second-order valence-corrected chi connectivity index (χ2v) is 3.89. The van der Waals surface area contributed by atoms with Crippen molar-refractivity contribution in [3.8, 4) is 5.75 Å². The Hall–Kier alpha value is -1.07. The smallest absolute Gasteiger partial charge is 0.266 e. The van der Waals surface area contributed by atoms with Gasteiger partial charge in [0.1, 0.15) is 5.75 Å². The minimum absolute atomic E-state index is 0.182. The molecule has 74 valence electrons. The van der Waals surface area contributed by atoms with E-state index < -0.39 is 6.10 Å². The summed E-state index contributed by atoms with van der Waals surface area (Å²) in [5.41, 5.74) is 6.06. The van der Waals surface area contributed by atoms with Gasteiger partial charge >= 0.3 is 0 Å². The Morgan fingerprint density at radius 2 is 2.36 bits per heavy atom. The van der Waals surface area contributed by atoms with Crippen molar-refractivity contribution in [1.82, 2.24) is 0 Å². The first kappa shape index (κ1) is 9.48. The van der Waals surface area contributed by atoms with Crippen LogP contribution >= 0.6 is 15.9 Å². The average Bonchev–Trinajstić information content (AvgIpc) is 2.16. The van der Waals surface area contributed by atoms with Crippen LogP contribution in [0, 0.1) is 0 Å². The maximum Gasteiger partial charge on any atom is 0.266 e. The number of amides is 1. The maximum absolute atomic E-state index is 11.4. The number of hydrogen-bond acceptors (Lipinski definition) is 3. The number of hydrogen-bond donors (Lipinski definition) is 2. The van der Waals surface area contributed by atoms with E-state index in [4.69, 9.17) is 10.5 Å². The van der Waals surface area contributed by atoms with Crippen LogP contribution in [0.2, 0.25) is 0 Å². The van der Waals surface area contributed by atoms with E-state index in [1.165, 1.54) is 0 Å². The fraction of sp³-hybridized carbons (Fsp3) is 0.222. The molecule has 0 radical (unpaired) electrons. The zero-order chi connectivity index (χ0) is 10.1. The Morgan fingerprint density at radius 3 is 3.07 bits per heavy atom. The number of carbonyl (C=O) groups is 1. The van der Waals surface area contributed by atoms with Gasteiger partial charge in [-0.2, -0.15) is 0 Å². The van der Waals surface area contributed by atoms with Crippen molar-refractivity contribution in [2.75, 3.05) is 11.9 Å². The summed E-state index contributed by atoms with van der Waals surface area (Å²) in [7, 11) is 0. The van der Waals surface area contributed by atoms with Crippen molar-refractivity contribution in [2.24, 2.45) is 5.73 Å². The van der Waals surface area contributed by atoms with Crippen molar-refractivity contribution < 1.29 is 9.53 Å². The topological polar surface area (TPSA) is 64.3 Å². The van der Waals surface area contributed by atoms with Crippen LogP contribution < -0.4 is 15.8 Å². The summed E-state index contributed by atoms with van der Waals surface area (Å²) < 4.78 is 6.29. The predicted molar refractivity (Wildman–Crippen MR) is 56.2 cm³/mol. The highest BCUT2D eigenvalue weighted by atomic mass is 79.9. The number of benzene rings is 1. The van der Waals surface area contributed by atoms with E-state index in [1.54, 1.807) is 12.1 Å². The first-order valence-electron chi connectivity index (χ1n) is 4.18. The van der Waals surface area contributed by atoms with Gasteiger partial charge in [-0.15, -0.1) is 0 Å². The first-order chi connectivity index (χ1) is 6.70. The molecule has 2 rings (SSSR count). The summed E-state index contributed by atoms with van der Waals surface area (Å²) >= 11 is 3.31. The zero-order valence-corrected chi connectivity index (χ0v) is 8.87. The number of nitrogens with two attached hydrogens (primary N) is 1. The van der Waals surface area contributed by atoms with Gasteiger partial charge in [-0.3, -0.25) is 4.79 Å². The molecule has 1 unspecified atom stereocenters. The second-order valence-electron chi connectivity index (χ2n) is 2.97. The second kappa shape index (κ2) is 3.59. The number of halogens is 1. The lowest BCUT2D eigenvalue weighted by atomic mass is 10.2. The molecule has 0 bridgehead atoms. The fourth-order valence-corrected chi connectivity index (χ4v) is 1.64. The first-order valence-corrected chi connectivity index (χ1v) is 4.97. The molecule has 1 atom stereocenters. The van der Waals surface area contributed by atoms with Gasteiger partial charge in [0.05, 0.1) is 5.69 Å². The van der Waals surface area contributed by atoms with Crippen LogP contribution in [0.5, 0.6) is 5.75 Å². The van der Waals surface area contributed by atoms with Crippen LogP contribution in [0.3, 0.4) is 0 Å². The van der Waals surface area contributed by atoms with Gasteiger partial charge < -0.3 is 15.8 Å². The minimum atomic E-state index is -0.580. The molecule has 1 aromatic carbocycles. The summed E-state index contributed by atoms with van der Waals surface area (Å²) in [5, 5.41) is 2.73. The van der Waals surface area contributed by atoms with Gasteiger partial charge in [0.15, 0.2) is 6.10 Å². The van der Waals surface area contributed by atoms with Gasteiger partial charge in [0, 0.05) is 11.0 Å². The number of nitrogens with one attached hydrogen (secondary N) is 1. The van der Waals surface area contributed by atoms with E-state index in [0.717, 1.165) is 4.47 Å². The molecule has 1 amide bonds. The highest BCUT2D eigenvalue weighted by molar-refractivity contribution is 9.10. The van der Waals surface area contributed by atoms with Gasteiger partial charge in [0.2, 0.25) is 0 Å². The molecule has 4 nitrogen and oxygen atoms in total. The van der Waals surface area contributed by atoms with Crippen molar-refractivity contribution in [2.45, 2.75) is 6.10 Å². The molecular weight excluding hydrogens is 248 g/mol. The molecular formula is C9H9BrN2O2. The van der Waals surface area contributed by atoms with E-state index in [2.05, 4.69) is 21.2 Å². The van der Waals surface area contributed by atoms with Crippen molar-refractivity contribution >= 4 is 27.5 Å². The summed E-state index contributed by atoms with van der Waals surface area (Å²) in [6, 6.07) is 5.44. The summed E-state index contributed by atoms with van der Waals surface area (Å²) in [6.07, 6.45) is -0.580. The Labute approximate surface area is 89.6 Å². The van der Waals surface area contributed by atoms with Crippen molar-refractivity contribution in [3.05, 3.63) is 22.7 Å². The van der Waals surface area contributed by atoms with Crippen molar-refractivity contribution in [1.29, 1.82) is 0 Å². The Balaban J connectivity index is 2.35. The molecule has 0 fully saturated rings. The largest absolute Gasteiger partial charge is 0.477 e. The molecule has 14 heavy (non-hydrogen) atoms. The Kier molecular flexibility index (Phi) is 2.43. The van der Waals surface area contributed by atoms with E-state index in [0.29, 0.717) is 11.4 Å². The number of fused-ring (bicyclic) bond motifs is 1. The minimum Gasteiger partial charge on any atom is -0.477 e. The van der Waals surface area contributed by atoms with Crippen LogP contribution in [0.1, 0.15) is 0 Å². The molecule has 1 aliphatic rings. The summed E-state index contributed by atoms with van der Waals surface area (Å²) in [5.74, 6) is 0.460. The number of rotatable bonds is 1. The van der Waals surface area contributed by atoms with Crippen LogP contribution in [0.25, 0.3) is 0 Å². The van der Waals surface area contributed by atoms with Crippen LogP contribution in [0.4, 0.5) is 5.69 Å². The number of carbonyl (C=O) groups excluding carboxylic acids is 1. The molecule has 0 aliphatic carbocycles. The molecule has 5 heteroatoms. The van der Waals surface area contributed by atoms with Crippen LogP contribution in [-0.2, 0) is 4.79 Å². The molecule has 3 N–H and O–H groups in total. The predicted octanol–water partition coefficient (Wildman–Crippen LogP) is 1.11. The Morgan fingerprint density at radius 1 is 1.57 bits per heavy atom. The maximum atomic E-state index is 11.4. The lowest BCUT2D eigenvalue weighted by Crippen LogP contribution is -2.42. The normalized spacial score (nSPS) is 19.6. The van der Waals surface area contributed by atoms with Crippen LogP contribution in [-0.4, -0.2) is 18.6 Å². The third-order valence-corrected chi connectivity index (χ3v) is 2.47. The Bertz CT molecular complexity index is 381. The highest BCUT2D eigenvalue weighted by Crippen LogP contribution is 2.31. The lowest BCUT2D eigenvalue weighted by molar-refractivity contribution is -0.123. The number of anilines is 1. The highest BCUT2D eigenvalue weighted by Gasteiger charge is 2.25. The molecule has 0 saturated carbocycles. The molecule has 0 spiro atoms. The van der Waals surface area contributed by atoms with Gasteiger partial charge in [-0.05, 0) is 18.2 Å². The monoisotopic (exact) mass is 256 g/mol. The lowest BCUT2D eigenvalue weighted by Gasteiger charge is -2.24. The third kappa shape index (κ3) is 1.60. The van der Waals surface area contributed by atoms with Gasteiger partial charge in [0.25, 0.3) is 5.91 Å². The fourth-order valence-electron chi connectivity index (χ4n) is 1.28. The van der Waals surface area contributed by atoms with E-state index >= 15 is 0 Å². The van der Waals surface area contributed by atoms with E-state index in [1.807, 2.05) is 6.07 Å². The molecule has 0 aromatic heterocycles. The van der Waals surface area contributed by atoms with Crippen LogP contribution in [0.15, 0.2) is 22.7 Å². The third-order valence-electron chi connectivity index (χ3n) is 1.98. The molecule has 1 heterocycles. The molecule has 1 aliphatic heterocycles.